The summed E-state index contributed by atoms with van der Waals surface area (Å²) >= 11 is 9.58. The van der Waals surface area contributed by atoms with Crippen LogP contribution in [-0.4, -0.2) is 5.12 Å². The van der Waals surface area contributed by atoms with E-state index in [1.807, 2.05) is 26.0 Å². The number of thiol groups is 1. The maximum Gasteiger partial charge on any atom is 0.195 e. The molecule has 0 radical (unpaired) electrons. The smallest absolute Gasteiger partial charge is 0.195 e. The van der Waals surface area contributed by atoms with Gasteiger partial charge >= 0.3 is 0 Å². The van der Waals surface area contributed by atoms with Crippen LogP contribution in [0.25, 0.3) is 0 Å². The van der Waals surface area contributed by atoms with Crippen molar-refractivity contribution in [2.24, 2.45) is 0 Å². The third-order valence-corrected chi connectivity index (χ3v) is 2.91. The normalized spacial score (nSPS) is 11.4. The van der Waals surface area contributed by atoms with Crippen molar-refractivity contribution in [2.75, 3.05) is 0 Å². The van der Waals surface area contributed by atoms with Crippen LogP contribution in [0.4, 0.5) is 0 Å². The van der Waals surface area contributed by atoms with Crippen molar-refractivity contribution in [1.29, 1.82) is 0 Å². The lowest BCUT2D eigenvalue weighted by Gasteiger charge is -2.20. The fourth-order valence-electron chi connectivity index (χ4n) is 0.990. The van der Waals surface area contributed by atoms with E-state index in [-0.39, 0.29) is 5.12 Å². The molecular formula is C10H11ClOS. The first-order chi connectivity index (χ1) is 5.94. The molecule has 0 aliphatic carbocycles. The molecule has 70 valence electrons. The van der Waals surface area contributed by atoms with Crippen molar-refractivity contribution in [3.8, 4) is 0 Å². The standard InChI is InChI=1S/C10H11ClOS/c1-10(2,9(12)13)7-3-5-8(11)6-4-7/h3-6H,1-2H3,(H,12,13). The maximum atomic E-state index is 11.2. The Hall–Kier alpha value is -0.470. The van der Waals surface area contributed by atoms with Crippen LogP contribution in [0.3, 0.4) is 0 Å². The molecule has 0 bridgehead atoms. The van der Waals surface area contributed by atoms with Gasteiger partial charge in [-0.2, -0.15) is 0 Å². The molecule has 0 amide bonds. The molecule has 1 aromatic carbocycles. The summed E-state index contributed by atoms with van der Waals surface area (Å²) in [5.74, 6) is 0. The number of hydrogen-bond donors (Lipinski definition) is 1. The van der Waals surface area contributed by atoms with Gasteiger partial charge in [0.1, 0.15) is 0 Å². The van der Waals surface area contributed by atoms with E-state index >= 15 is 0 Å². The molecule has 1 nitrogen and oxygen atoms in total. The molecule has 0 heterocycles. The van der Waals surface area contributed by atoms with Crippen LogP contribution in [0.5, 0.6) is 0 Å². The van der Waals surface area contributed by atoms with Crippen molar-refractivity contribution in [2.45, 2.75) is 19.3 Å². The molecule has 0 N–H and O–H groups in total. The number of halogens is 1. The van der Waals surface area contributed by atoms with Crippen molar-refractivity contribution >= 4 is 29.3 Å². The van der Waals surface area contributed by atoms with Gasteiger partial charge in [-0.15, -0.1) is 12.6 Å². The summed E-state index contributed by atoms with van der Waals surface area (Å²) in [5.41, 5.74) is 0.380. The molecule has 0 atom stereocenters. The lowest BCUT2D eigenvalue weighted by Crippen LogP contribution is -2.24. The average molecular weight is 215 g/mol. The molecule has 1 aromatic rings. The molecule has 3 heteroatoms. The highest BCUT2D eigenvalue weighted by Gasteiger charge is 2.26. The molecule has 0 fully saturated rings. The predicted molar refractivity (Wildman–Crippen MR) is 58.5 cm³/mol. The van der Waals surface area contributed by atoms with E-state index in [1.54, 1.807) is 12.1 Å². The molecular weight excluding hydrogens is 204 g/mol. The summed E-state index contributed by atoms with van der Waals surface area (Å²) in [4.78, 5) is 11.2. The molecule has 0 aliphatic rings. The van der Waals surface area contributed by atoms with Gasteiger partial charge in [-0.05, 0) is 31.5 Å². The van der Waals surface area contributed by atoms with Crippen LogP contribution in [-0.2, 0) is 10.2 Å². The van der Waals surface area contributed by atoms with E-state index in [4.69, 9.17) is 11.6 Å². The van der Waals surface area contributed by atoms with Crippen LogP contribution in [0.1, 0.15) is 19.4 Å². The Balaban J connectivity index is 3.08. The van der Waals surface area contributed by atoms with Crippen molar-refractivity contribution in [3.63, 3.8) is 0 Å². The Morgan fingerprint density at radius 3 is 2.15 bits per heavy atom. The third-order valence-electron chi connectivity index (χ3n) is 2.10. The monoisotopic (exact) mass is 214 g/mol. The summed E-state index contributed by atoms with van der Waals surface area (Å²) in [6.45, 7) is 3.68. The first-order valence-electron chi connectivity index (χ1n) is 3.94. The third kappa shape index (κ3) is 2.26. The van der Waals surface area contributed by atoms with Gasteiger partial charge in [0.25, 0.3) is 0 Å². The Bertz CT molecular complexity index is 316. The minimum Gasteiger partial charge on any atom is -0.287 e. The zero-order valence-corrected chi connectivity index (χ0v) is 9.19. The quantitative estimate of drug-likeness (QED) is 0.749. The number of carbonyl (C=O) groups is 1. The van der Waals surface area contributed by atoms with Crippen LogP contribution in [0, 0.1) is 0 Å². The summed E-state index contributed by atoms with van der Waals surface area (Å²) in [7, 11) is 0. The van der Waals surface area contributed by atoms with Crippen LogP contribution >= 0.6 is 24.2 Å². The summed E-state index contributed by atoms with van der Waals surface area (Å²) in [6, 6.07) is 7.23. The van der Waals surface area contributed by atoms with E-state index in [2.05, 4.69) is 12.6 Å². The Kier molecular flexibility index (Phi) is 3.04. The van der Waals surface area contributed by atoms with E-state index in [0.29, 0.717) is 5.02 Å². The number of benzene rings is 1. The van der Waals surface area contributed by atoms with Gasteiger partial charge in [-0.3, -0.25) is 4.79 Å². The first kappa shape index (κ1) is 10.6. The summed E-state index contributed by atoms with van der Waals surface area (Å²) in [6.07, 6.45) is 0. The highest BCUT2D eigenvalue weighted by molar-refractivity contribution is 7.96. The highest BCUT2D eigenvalue weighted by atomic mass is 35.5. The van der Waals surface area contributed by atoms with Gasteiger partial charge in [0.2, 0.25) is 0 Å². The molecule has 0 aromatic heterocycles. The lowest BCUT2D eigenvalue weighted by molar-refractivity contribution is -0.114. The van der Waals surface area contributed by atoms with Gasteiger partial charge in [-0.25, -0.2) is 0 Å². The topological polar surface area (TPSA) is 17.1 Å². The average Bonchev–Trinajstić information content (AvgIpc) is 2.04. The number of carbonyl (C=O) groups excluding carboxylic acids is 1. The van der Waals surface area contributed by atoms with Gasteiger partial charge in [0.15, 0.2) is 5.12 Å². The Labute approximate surface area is 88.5 Å². The van der Waals surface area contributed by atoms with E-state index < -0.39 is 5.41 Å². The predicted octanol–water partition coefficient (Wildman–Crippen LogP) is 3.07. The fourth-order valence-corrected chi connectivity index (χ4v) is 1.25. The minimum atomic E-state index is -0.548. The SMILES string of the molecule is CC(C)(C(=O)S)c1ccc(Cl)cc1. The van der Waals surface area contributed by atoms with Crippen LogP contribution < -0.4 is 0 Å². The fraction of sp³-hybridized carbons (Fsp3) is 0.300. The van der Waals surface area contributed by atoms with E-state index in [9.17, 15) is 4.79 Å². The molecule has 13 heavy (non-hydrogen) atoms. The maximum absolute atomic E-state index is 11.2. The summed E-state index contributed by atoms with van der Waals surface area (Å²) < 4.78 is 0. The highest BCUT2D eigenvalue weighted by Crippen LogP contribution is 2.26. The Morgan fingerprint density at radius 2 is 1.77 bits per heavy atom. The molecule has 1 rings (SSSR count). The minimum absolute atomic E-state index is 0.144. The van der Waals surface area contributed by atoms with Crippen LogP contribution in [0.2, 0.25) is 5.02 Å². The van der Waals surface area contributed by atoms with Crippen molar-refractivity contribution < 1.29 is 4.79 Å². The number of rotatable bonds is 2. The molecule has 0 saturated carbocycles. The second-order valence-corrected chi connectivity index (χ2v) is 4.28. The first-order valence-corrected chi connectivity index (χ1v) is 4.76. The van der Waals surface area contributed by atoms with Crippen LogP contribution in [0.15, 0.2) is 24.3 Å². The second kappa shape index (κ2) is 3.72. The molecule has 0 aliphatic heterocycles. The zero-order valence-electron chi connectivity index (χ0n) is 7.54. The largest absolute Gasteiger partial charge is 0.287 e. The molecule has 0 saturated heterocycles. The van der Waals surface area contributed by atoms with E-state index in [1.165, 1.54) is 0 Å². The lowest BCUT2D eigenvalue weighted by atomic mass is 9.86. The summed E-state index contributed by atoms with van der Waals surface area (Å²) in [5, 5.41) is 0.529. The number of hydrogen-bond acceptors (Lipinski definition) is 1. The zero-order chi connectivity index (χ0) is 10.1. The van der Waals surface area contributed by atoms with Crippen molar-refractivity contribution in [3.05, 3.63) is 34.9 Å². The van der Waals surface area contributed by atoms with Gasteiger partial charge in [-0.1, -0.05) is 23.7 Å². The molecule has 0 spiro atoms. The molecule has 0 unspecified atom stereocenters. The van der Waals surface area contributed by atoms with Crippen molar-refractivity contribution in [1.82, 2.24) is 0 Å². The van der Waals surface area contributed by atoms with Gasteiger partial charge < -0.3 is 0 Å². The van der Waals surface area contributed by atoms with Gasteiger partial charge in [0, 0.05) is 5.02 Å². The second-order valence-electron chi connectivity index (χ2n) is 3.44. The Morgan fingerprint density at radius 1 is 1.31 bits per heavy atom. The van der Waals surface area contributed by atoms with E-state index in [0.717, 1.165) is 5.56 Å². The van der Waals surface area contributed by atoms with Gasteiger partial charge in [0.05, 0.1) is 5.41 Å².